The van der Waals surface area contributed by atoms with Crippen LogP contribution in [0.1, 0.15) is 110 Å². The van der Waals surface area contributed by atoms with Crippen LogP contribution in [0, 0.1) is 0 Å². The third kappa shape index (κ3) is 20.6. The highest BCUT2D eigenvalue weighted by atomic mass is 16.6. The lowest BCUT2D eigenvalue weighted by molar-refractivity contribution is -0.150. The number of aliphatic hydroxyl groups is 3. The third-order valence-corrected chi connectivity index (χ3v) is 5.35. The van der Waals surface area contributed by atoms with Crippen LogP contribution in [-0.2, 0) is 14.3 Å². The number of rotatable bonds is 23. The van der Waals surface area contributed by atoms with E-state index in [4.69, 9.17) is 14.6 Å². The van der Waals surface area contributed by atoms with E-state index >= 15 is 0 Å². The van der Waals surface area contributed by atoms with Gasteiger partial charge in [-0.15, -0.1) is 0 Å². The largest absolute Gasteiger partial charge is 0.463 e. The van der Waals surface area contributed by atoms with Gasteiger partial charge in [0.2, 0.25) is 0 Å². The van der Waals surface area contributed by atoms with E-state index in [1.807, 2.05) is 0 Å². The summed E-state index contributed by atoms with van der Waals surface area (Å²) >= 11 is 0. The number of aliphatic hydroxyl groups excluding tert-OH is 3. The molecule has 0 bridgehead atoms. The second-order valence-corrected chi connectivity index (χ2v) is 8.36. The number of carbonyl (C=O) groups excluding carboxylic acids is 1. The molecule has 0 rings (SSSR count). The minimum absolute atomic E-state index is 0.0355. The van der Waals surface area contributed by atoms with E-state index in [-0.39, 0.29) is 25.8 Å². The summed E-state index contributed by atoms with van der Waals surface area (Å²) in [5, 5.41) is 27.1. The number of carbonyl (C=O) groups is 1. The van der Waals surface area contributed by atoms with E-state index in [0.717, 1.165) is 19.3 Å². The lowest BCUT2D eigenvalue weighted by Gasteiger charge is -2.17. The van der Waals surface area contributed by atoms with E-state index in [9.17, 15) is 15.0 Å². The van der Waals surface area contributed by atoms with Gasteiger partial charge in [0.25, 0.3) is 0 Å². The Balaban J connectivity index is 3.36. The Bertz CT molecular complexity index is 364. The second kappa shape index (κ2) is 23.0. The highest BCUT2D eigenvalue weighted by molar-refractivity contribution is 5.69. The average molecular weight is 433 g/mol. The Morgan fingerprint density at radius 2 is 1.17 bits per heavy atom. The van der Waals surface area contributed by atoms with E-state index in [1.165, 1.54) is 77.0 Å². The lowest BCUT2D eigenvalue weighted by atomic mass is 10.0. The molecule has 0 spiro atoms. The van der Waals surface area contributed by atoms with Crippen LogP contribution in [0.4, 0.5) is 0 Å². The zero-order valence-electron chi connectivity index (χ0n) is 19.4. The van der Waals surface area contributed by atoms with Crippen LogP contribution in [0.3, 0.4) is 0 Å². The van der Waals surface area contributed by atoms with Crippen LogP contribution < -0.4 is 0 Å². The normalized spacial score (nSPS) is 13.3. The van der Waals surface area contributed by atoms with Gasteiger partial charge in [-0.05, 0) is 6.42 Å². The molecule has 0 aromatic carbocycles. The first kappa shape index (κ1) is 29.3. The average Bonchev–Trinajstić information content (AvgIpc) is 2.76. The minimum Gasteiger partial charge on any atom is -0.463 e. The maximum absolute atomic E-state index is 11.7. The molecule has 2 atom stereocenters. The number of ether oxygens (including phenoxy) is 2. The van der Waals surface area contributed by atoms with Crippen molar-refractivity contribution in [2.75, 3.05) is 26.4 Å². The molecule has 6 heteroatoms. The maximum Gasteiger partial charge on any atom is 0.305 e. The third-order valence-electron chi connectivity index (χ3n) is 5.35. The minimum atomic E-state index is -0.991. The van der Waals surface area contributed by atoms with E-state index in [0.29, 0.717) is 6.42 Å². The van der Waals surface area contributed by atoms with Crippen molar-refractivity contribution in [2.45, 2.75) is 122 Å². The molecule has 0 fully saturated rings. The molecular formula is C24H48O6. The summed E-state index contributed by atoms with van der Waals surface area (Å²) in [6, 6.07) is 0. The van der Waals surface area contributed by atoms with Gasteiger partial charge in [-0.25, -0.2) is 0 Å². The molecule has 3 N–H and O–H groups in total. The van der Waals surface area contributed by atoms with E-state index in [2.05, 4.69) is 6.92 Å². The Morgan fingerprint density at radius 3 is 1.60 bits per heavy atom. The van der Waals surface area contributed by atoms with Gasteiger partial charge in [-0.3, -0.25) is 4.79 Å². The Morgan fingerprint density at radius 1 is 0.700 bits per heavy atom. The molecule has 0 amide bonds. The van der Waals surface area contributed by atoms with Gasteiger partial charge < -0.3 is 24.8 Å². The maximum atomic E-state index is 11.7. The van der Waals surface area contributed by atoms with Crippen LogP contribution in [0.2, 0.25) is 0 Å². The first-order valence-electron chi connectivity index (χ1n) is 12.3. The summed E-state index contributed by atoms with van der Waals surface area (Å²) < 4.78 is 10.3. The van der Waals surface area contributed by atoms with Crippen LogP contribution >= 0.6 is 0 Å². The number of hydrogen-bond acceptors (Lipinski definition) is 6. The molecular weight excluding hydrogens is 384 g/mol. The predicted molar refractivity (Wildman–Crippen MR) is 120 cm³/mol. The fourth-order valence-electron chi connectivity index (χ4n) is 3.35. The molecule has 30 heavy (non-hydrogen) atoms. The number of esters is 1. The second-order valence-electron chi connectivity index (χ2n) is 8.36. The summed E-state index contributed by atoms with van der Waals surface area (Å²) in [5.74, 6) is -0.283. The Kier molecular flexibility index (Phi) is 22.5. The highest BCUT2D eigenvalue weighted by Gasteiger charge is 2.13. The molecule has 0 aliphatic heterocycles. The SMILES string of the molecule is CCCCCCCCCCCCCCCCCC(=O)OCC(CO)OCC(O)CO. The van der Waals surface area contributed by atoms with Gasteiger partial charge in [0.1, 0.15) is 18.8 Å². The van der Waals surface area contributed by atoms with Crippen molar-refractivity contribution in [3.05, 3.63) is 0 Å². The first-order chi connectivity index (χ1) is 14.6. The molecule has 0 heterocycles. The van der Waals surface area contributed by atoms with Gasteiger partial charge in [0.05, 0.1) is 19.8 Å². The quantitative estimate of drug-likeness (QED) is 0.162. The standard InChI is InChI=1S/C24H48O6/c1-2-3-4-5-6-7-8-9-10-11-12-13-14-15-16-17-24(28)30-21-23(19-26)29-20-22(27)18-25/h22-23,25-27H,2-21H2,1H3. The summed E-state index contributed by atoms with van der Waals surface area (Å²) in [5.41, 5.74) is 0. The fourth-order valence-corrected chi connectivity index (χ4v) is 3.35. The summed E-state index contributed by atoms with van der Waals surface area (Å²) in [4.78, 5) is 11.7. The van der Waals surface area contributed by atoms with E-state index in [1.54, 1.807) is 0 Å². The smallest absolute Gasteiger partial charge is 0.305 e. The van der Waals surface area contributed by atoms with Crippen molar-refractivity contribution < 1.29 is 29.6 Å². The Labute approximate surface area is 184 Å². The summed E-state index contributed by atoms with van der Waals surface area (Å²) in [6.07, 6.45) is 18.0. The van der Waals surface area contributed by atoms with Gasteiger partial charge in [0, 0.05) is 6.42 Å². The van der Waals surface area contributed by atoms with Gasteiger partial charge >= 0.3 is 5.97 Å². The van der Waals surface area contributed by atoms with Crippen molar-refractivity contribution in [2.24, 2.45) is 0 Å². The zero-order valence-corrected chi connectivity index (χ0v) is 19.4. The van der Waals surface area contributed by atoms with Gasteiger partial charge in [-0.1, -0.05) is 96.8 Å². The molecule has 180 valence electrons. The lowest BCUT2D eigenvalue weighted by Crippen LogP contribution is -2.30. The topological polar surface area (TPSA) is 96.2 Å². The van der Waals surface area contributed by atoms with Crippen molar-refractivity contribution in [3.8, 4) is 0 Å². The summed E-state index contributed by atoms with van der Waals surface area (Å²) in [6.45, 7) is 1.42. The van der Waals surface area contributed by atoms with Crippen LogP contribution in [0.5, 0.6) is 0 Å². The summed E-state index contributed by atoms with van der Waals surface area (Å²) in [7, 11) is 0. The van der Waals surface area contributed by atoms with E-state index < -0.39 is 18.8 Å². The molecule has 2 unspecified atom stereocenters. The monoisotopic (exact) mass is 432 g/mol. The van der Waals surface area contributed by atoms with Crippen LogP contribution in [0.25, 0.3) is 0 Å². The molecule has 0 radical (unpaired) electrons. The van der Waals surface area contributed by atoms with Crippen molar-refractivity contribution in [3.63, 3.8) is 0 Å². The van der Waals surface area contributed by atoms with Crippen molar-refractivity contribution in [1.82, 2.24) is 0 Å². The molecule has 0 aromatic rings. The molecule has 0 saturated heterocycles. The number of hydrogen-bond donors (Lipinski definition) is 3. The van der Waals surface area contributed by atoms with Gasteiger partial charge in [-0.2, -0.15) is 0 Å². The van der Waals surface area contributed by atoms with Crippen molar-refractivity contribution in [1.29, 1.82) is 0 Å². The highest BCUT2D eigenvalue weighted by Crippen LogP contribution is 2.13. The molecule has 0 aromatic heterocycles. The van der Waals surface area contributed by atoms with Gasteiger partial charge in [0.15, 0.2) is 0 Å². The predicted octanol–water partition coefficient (Wildman–Crippen LogP) is 4.52. The first-order valence-corrected chi connectivity index (χ1v) is 12.3. The Hall–Kier alpha value is -0.690. The fraction of sp³-hybridized carbons (Fsp3) is 0.958. The molecule has 0 aliphatic rings. The van der Waals surface area contributed by atoms with Crippen LogP contribution in [-0.4, -0.2) is 59.9 Å². The molecule has 0 aliphatic carbocycles. The van der Waals surface area contributed by atoms with Crippen LogP contribution in [0.15, 0.2) is 0 Å². The molecule has 0 saturated carbocycles. The number of unbranched alkanes of at least 4 members (excludes halogenated alkanes) is 14. The zero-order chi connectivity index (χ0) is 22.3. The molecule has 6 nitrogen and oxygen atoms in total. The van der Waals surface area contributed by atoms with Crippen molar-refractivity contribution >= 4 is 5.97 Å².